The highest BCUT2D eigenvalue weighted by Gasteiger charge is 2.13. The molecule has 3 nitrogen and oxygen atoms in total. The SMILES string of the molecule is O=C(CC[NH+]1CCCCCC1)Nc1cccc(F)c1. The summed E-state index contributed by atoms with van der Waals surface area (Å²) in [6, 6.07) is 6.03. The summed E-state index contributed by atoms with van der Waals surface area (Å²) in [6.45, 7) is 3.22. The first kappa shape index (κ1) is 14.0. The number of hydrogen-bond acceptors (Lipinski definition) is 1. The molecule has 4 heteroatoms. The molecule has 104 valence electrons. The Morgan fingerprint density at radius 1 is 1.21 bits per heavy atom. The van der Waals surface area contributed by atoms with Gasteiger partial charge in [-0.15, -0.1) is 0 Å². The second-order valence-corrected chi connectivity index (χ2v) is 5.22. The zero-order valence-corrected chi connectivity index (χ0v) is 11.3. The molecule has 1 aliphatic rings. The number of benzene rings is 1. The van der Waals surface area contributed by atoms with Gasteiger partial charge >= 0.3 is 0 Å². The number of hydrogen-bond donors (Lipinski definition) is 2. The van der Waals surface area contributed by atoms with E-state index in [9.17, 15) is 9.18 Å². The van der Waals surface area contributed by atoms with Crippen molar-refractivity contribution in [2.24, 2.45) is 0 Å². The number of rotatable bonds is 4. The maximum Gasteiger partial charge on any atom is 0.230 e. The van der Waals surface area contributed by atoms with E-state index in [1.807, 2.05) is 0 Å². The largest absolute Gasteiger partial charge is 0.335 e. The molecule has 2 rings (SSSR count). The van der Waals surface area contributed by atoms with Crippen LogP contribution in [0.5, 0.6) is 0 Å². The zero-order chi connectivity index (χ0) is 13.5. The molecule has 0 bridgehead atoms. The summed E-state index contributed by atoms with van der Waals surface area (Å²) >= 11 is 0. The summed E-state index contributed by atoms with van der Waals surface area (Å²) in [5.74, 6) is -0.349. The van der Waals surface area contributed by atoms with Gasteiger partial charge in [-0.2, -0.15) is 0 Å². The molecule has 1 fully saturated rings. The summed E-state index contributed by atoms with van der Waals surface area (Å²) in [7, 11) is 0. The van der Waals surface area contributed by atoms with Crippen molar-refractivity contribution in [3.8, 4) is 0 Å². The van der Waals surface area contributed by atoms with Crippen LogP contribution in [0.1, 0.15) is 32.1 Å². The number of carbonyl (C=O) groups is 1. The molecule has 1 aromatic carbocycles. The number of halogens is 1. The minimum atomic E-state index is -0.323. The number of carbonyl (C=O) groups excluding carboxylic acids is 1. The quantitative estimate of drug-likeness (QED) is 0.852. The molecular formula is C15H22FN2O+. The third-order valence-corrected chi connectivity index (χ3v) is 3.62. The van der Waals surface area contributed by atoms with Gasteiger partial charge in [-0.3, -0.25) is 4.79 Å². The van der Waals surface area contributed by atoms with Gasteiger partial charge in [0.15, 0.2) is 0 Å². The summed E-state index contributed by atoms with van der Waals surface area (Å²) in [6.07, 6.45) is 5.67. The second-order valence-electron chi connectivity index (χ2n) is 5.22. The summed E-state index contributed by atoms with van der Waals surface area (Å²) in [4.78, 5) is 13.3. The summed E-state index contributed by atoms with van der Waals surface area (Å²) in [5.41, 5.74) is 0.538. The van der Waals surface area contributed by atoms with E-state index in [0.29, 0.717) is 12.1 Å². The monoisotopic (exact) mass is 265 g/mol. The molecule has 1 amide bonds. The van der Waals surface area contributed by atoms with E-state index in [0.717, 1.165) is 6.54 Å². The van der Waals surface area contributed by atoms with Crippen LogP contribution < -0.4 is 10.2 Å². The number of nitrogens with one attached hydrogen (secondary N) is 2. The Morgan fingerprint density at radius 3 is 2.63 bits per heavy atom. The Morgan fingerprint density at radius 2 is 1.95 bits per heavy atom. The molecule has 0 aliphatic carbocycles. The Kier molecular flexibility index (Phi) is 5.33. The topological polar surface area (TPSA) is 33.5 Å². The third-order valence-electron chi connectivity index (χ3n) is 3.62. The molecule has 0 aromatic heterocycles. The van der Waals surface area contributed by atoms with Crippen molar-refractivity contribution in [3.05, 3.63) is 30.1 Å². The van der Waals surface area contributed by atoms with Gasteiger partial charge in [0.2, 0.25) is 5.91 Å². The average Bonchev–Trinajstić information content (AvgIpc) is 2.65. The van der Waals surface area contributed by atoms with Crippen molar-refractivity contribution in [1.82, 2.24) is 0 Å². The summed E-state index contributed by atoms with van der Waals surface area (Å²) in [5, 5.41) is 2.75. The van der Waals surface area contributed by atoms with Gasteiger partial charge in [0.05, 0.1) is 26.1 Å². The van der Waals surface area contributed by atoms with E-state index in [-0.39, 0.29) is 11.7 Å². The van der Waals surface area contributed by atoms with Gasteiger partial charge in [-0.25, -0.2) is 4.39 Å². The maximum absolute atomic E-state index is 13.0. The van der Waals surface area contributed by atoms with Gasteiger partial charge in [0.1, 0.15) is 5.82 Å². The first-order chi connectivity index (χ1) is 9.24. The smallest absolute Gasteiger partial charge is 0.230 e. The van der Waals surface area contributed by atoms with Crippen LogP contribution in [0.15, 0.2) is 24.3 Å². The van der Waals surface area contributed by atoms with Crippen molar-refractivity contribution in [2.45, 2.75) is 32.1 Å². The van der Waals surface area contributed by atoms with Crippen LogP contribution in [0, 0.1) is 5.82 Å². The second kappa shape index (κ2) is 7.24. The van der Waals surface area contributed by atoms with Gasteiger partial charge < -0.3 is 10.2 Å². The fourth-order valence-corrected chi connectivity index (χ4v) is 2.56. The van der Waals surface area contributed by atoms with E-state index in [1.54, 1.807) is 12.1 Å². The van der Waals surface area contributed by atoms with E-state index in [4.69, 9.17) is 0 Å². The molecular weight excluding hydrogens is 243 g/mol. The highest BCUT2D eigenvalue weighted by molar-refractivity contribution is 5.90. The van der Waals surface area contributed by atoms with Crippen molar-refractivity contribution < 1.29 is 14.1 Å². The molecule has 1 heterocycles. The van der Waals surface area contributed by atoms with E-state index in [1.165, 1.54) is 55.8 Å². The minimum Gasteiger partial charge on any atom is -0.335 e. The molecule has 1 aromatic rings. The molecule has 0 radical (unpaired) electrons. The Hall–Kier alpha value is -1.42. The molecule has 0 spiro atoms. The fraction of sp³-hybridized carbons (Fsp3) is 0.533. The Bertz CT molecular complexity index is 414. The zero-order valence-electron chi connectivity index (χ0n) is 11.3. The van der Waals surface area contributed by atoms with Crippen molar-refractivity contribution >= 4 is 11.6 Å². The van der Waals surface area contributed by atoms with Crippen LogP contribution in [-0.4, -0.2) is 25.5 Å². The van der Waals surface area contributed by atoms with Crippen LogP contribution in [0.2, 0.25) is 0 Å². The molecule has 0 unspecified atom stereocenters. The Balaban J connectivity index is 1.75. The van der Waals surface area contributed by atoms with Crippen LogP contribution in [0.3, 0.4) is 0 Å². The first-order valence-electron chi connectivity index (χ1n) is 7.13. The number of amides is 1. The minimum absolute atomic E-state index is 0.0256. The number of anilines is 1. The maximum atomic E-state index is 13.0. The average molecular weight is 265 g/mol. The molecule has 1 aliphatic heterocycles. The van der Waals surface area contributed by atoms with Crippen LogP contribution in [0.4, 0.5) is 10.1 Å². The van der Waals surface area contributed by atoms with Crippen molar-refractivity contribution in [1.29, 1.82) is 0 Å². The van der Waals surface area contributed by atoms with Gasteiger partial charge in [-0.05, 0) is 43.9 Å². The lowest BCUT2D eigenvalue weighted by molar-refractivity contribution is -0.898. The van der Waals surface area contributed by atoms with Gasteiger partial charge in [-0.1, -0.05) is 6.07 Å². The number of quaternary nitrogens is 1. The number of likely N-dealkylation sites (tertiary alicyclic amines) is 1. The van der Waals surface area contributed by atoms with E-state index in [2.05, 4.69) is 5.32 Å². The van der Waals surface area contributed by atoms with Crippen LogP contribution in [-0.2, 0) is 4.79 Å². The lowest BCUT2D eigenvalue weighted by atomic mass is 10.2. The highest BCUT2D eigenvalue weighted by Crippen LogP contribution is 2.09. The predicted octanol–water partition coefficient (Wildman–Crippen LogP) is 1.61. The summed E-state index contributed by atoms with van der Waals surface area (Å²) < 4.78 is 13.0. The van der Waals surface area contributed by atoms with Gasteiger partial charge in [0.25, 0.3) is 0 Å². The van der Waals surface area contributed by atoms with Crippen LogP contribution in [0.25, 0.3) is 0 Å². The van der Waals surface area contributed by atoms with Crippen molar-refractivity contribution in [3.63, 3.8) is 0 Å². The lowest BCUT2D eigenvalue weighted by Gasteiger charge is -2.16. The molecule has 2 N–H and O–H groups in total. The third kappa shape index (κ3) is 4.99. The fourth-order valence-electron chi connectivity index (χ4n) is 2.56. The molecule has 0 atom stereocenters. The van der Waals surface area contributed by atoms with Crippen LogP contribution >= 0.6 is 0 Å². The molecule has 1 saturated heterocycles. The van der Waals surface area contributed by atoms with Gasteiger partial charge in [0, 0.05) is 5.69 Å². The first-order valence-corrected chi connectivity index (χ1v) is 7.13. The lowest BCUT2D eigenvalue weighted by Crippen LogP contribution is -3.12. The van der Waals surface area contributed by atoms with Crippen molar-refractivity contribution in [2.75, 3.05) is 25.0 Å². The van der Waals surface area contributed by atoms with E-state index >= 15 is 0 Å². The highest BCUT2D eigenvalue weighted by atomic mass is 19.1. The normalized spacial score (nSPS) is 16.9. The predicted molar refractivity (Wildman–Crippen MR) is 73.7 cm³/mol. The molecule has 19 heavy (non-hydrogen) atoms. The Labute approximate surface area is 113 Å². The van der Waals surface area contributed by atoms with E-state index < -0.39 is 0 Å². The molecule has 0 saturated carbocycles. The standard InChI is InChI=1S/C15H21FN2O/c16-13-6-5-7-14(12-13)17-15(19)8-11-18-9-3-1-2-4-10-18/h5-7,12H,1-4,8-11H2,(H,17,19)/p+1.